The number of aromatic nitrogens is 1. The van der Waals surface area contributed by atoms with Crippen molar-refractivity contribution in [1.82, 2.24) is 4.98 Å². The molecule has 1 heterocycles. The highest BCUT2D eigenvalue weighted by molar-refractivity contribution is 5.97. The third-order valence-corrected chi connectivity index (χ3v) is 3.82. The Morgan fingerprint density at radius 3 is 2.67 bits per heavy atom. The zero-order chi connectivity index (χ0) is 14.8. The lowest BCUT2D eigenvalue weighted by molar-refractivity contribution is 0.459. The molecule has 1 aliphatic rings. The number of nitrogen functional groups attached to an aromatic ring is 1. The summed E-state index contributed by atoms with van der Waals surface area (Å²) in [7, 11) is 0. The van der Waals surface area contributed by atoms with E-state index in [9.17, 15) is 0 Å². The molecule has 2 aromatic rings. The van der Waals surface area contributed by atoms with Crippen LogP contribution in [0.1, 0.15) is 35.2 Å². The SMILES string of the molecule is Cc1ccc(C(=N)N)c(Oc2ccc3c(c2)CCCC3)n1. The summed E-state index contributed by atoms with van der Waals surface area (Å²) in [6.07, 6.45) is 4.75. The molecule has 108 valence electrons. The molecular weight excluding hydrogens is 262 g/mol. The van der Waals surface area contributed by atoms with E-state index in [0.717, 1.165) is 24.3 Å². The fraction of sp³-hybridized carbons (Fsp3) is 0.294. The number of benzene rings is 1. The van der Waals surface area contributed by atoms with Crippen LogP contribution in [0.5, 0.6) is 11.6 Å². The van der Waals surface area contributed by atoms with Crippen molar-refractivity contribution in [2.75, 3.05) is 0 Å². The van der Waals surface area contributed by atoms with Crippen LogP contribution in [0.4, 0.5) is 0 Å². The van der Waals surface area contributed by atoms with E-state index < -0.39 is 0 Å². The quantitative estimate of drug-likeness (QED) is 0.669. The minimum atomic E-state index is -0.0320. The van der Waals surface area contributed by atoms with Gasteiger partial charge in [0.1, 0.15) is 11.6 Å². The number of nitrogens with two attached hydrogens (primary N) is 1. The minimum Gasteiger partial charge on any atom is -0.438 e. The normalized spacial score (nSPS) is 13.6. The van der Waals surface area contributed by atoms with Gasteiger partial charge in [-0.1, -0.05) is 6.07 Å². The lowest BCUT2D eigenvalue weighted by atomic mass is 9.92. The molecule has 21 heavy (non-hydrogen) atoms. The summed E-state index contributed by atoms with van der Waals surface area (Å²) < 4.78 is 5.89. The van der Waals surface area contributed by atoms with Crippen molar-refractivity contribution in [2.45, 2.75) is 32.6 Å². The van der Waals surface area contributed by atoms with Crippen molar-refractivity contribution in [2.24, 2.45) is 5.73 Å². The van der Waals surface area contributed by atoms with E-state index in [1.165, 1.54) is 24.0 Å². The van der Waals surface area contributed by atoms with Gasteiger partial charge in [-0.2, -0.15) is 0 Å². The average molecular weight is 281 g/mol. The van der Waals surface area contributed by atoms with Gasteiger partial charge in [0.2, 0.25) is 5.88 Å². The summed E-state index contributed by atoms with van der Waals surface area (Å²) in [5.74, 6) is 1.13. The maximum absolute atomic E-state index is 7.62. The topological polar surface area (TPSA) is 72.0 Å². The average Bonchev–Trinajstić information content (AvgIpc) is 2.47. The second kappa shape index (κ2) is 5.56. The number of ether oxygens (including phenoxy) is 1. The summed E-state index contributed by atoms with van der Waals surface area (Å²) in [5.41, 5.74) is 9.73. The largest absolute Gasteiger partial charge is 0.438 e. The van der Waals surface area contributed by atoms with Crippen LogP contribution >= 0.6 is 0 Å². The summed E-state index contributed by atoms with van der Waals surface area (Å²) in [6, 6.07) is 9.79. The molecule has 3 N–H and O–H groups in total. The standard InChI is InChI=1S/C17H19N3O/c1-11-6-9-15(16(18)19)17(20-11)21-14-8-7-12-4-2-3-5-13(12)10-14/h6-10H,2-5H2,1H3,(H3,18,19). The Morgan fingerprint density at radius 1 is 1.14 bits per heavy atom. The van der Waals surface area contributed by atoms with Gasteiger partial charge in [0.05, 0.1) is 5.56 Å². The number of nitrogens with one attached hydrogen (secondary N) is 1. The molecule has 1 aromatic heterocycles. The van der Waals surface area contributed by atoms with E-state index in [1.54, 1.807) is 6.07 Å². The molecule has 1 aromatic carbocycles. The number of fused-ring (bicyclic) bond motifs is 1. The zero-order valence-corrected chi connectivity index (χ0v) is 12.1. The number of hydrogen-bond donors (Lipinski definition) is 2. The third-order valence-electron chi connectivity index (χ3n) is 3.82. The number of nitrogens with zero attached hydrogens (tertiary/aromatic N) is 1. The van der Waals surface area contributed by atoms with Gasteiger partial charge in [0, 0.05) is 5.69 Å². The number of rotatable bonds is 3. The van der Waals surface area contributed by atoms with Crippen molar-refractivity contribution in [3.05, 3.63) is 52.7 Å². The molecule has 4 heteroatoms. The lowest BCUT2D eigenvalue weighted by Gasteiger charge is -2.17. The van der Waals surface area contributed by atoms with Crippen molar-refractivity contribution in [3.8, 4) is 11.6 Å². The molecule has 0 spiro atoms. The van der Waals surface area contributed by atoms with E-state index in [2.05, 4.69) is 17.1 Å². The molecule has 3 rings (SSSR count). The monoisotopic (exact) mass is 281 g/mol. The Hall–Kier alpha value is -2.36. The van der Waals surface area contributed by atoms with Gasteiger partial charge in [-0.15, -0.1) is 0 Å². The van der Waals surface area contributed by atoms with Crippen LogP contribution in [-0.4, -0.2) is 10.8 Å². The fourth-order valence-corrected chi connectivity index (χ4v) is 2.70. The number of aryl methyl sites for hydroxylation is 3. The Morgan fingerprint density at radius 2 is 1.90 bits per heavy atom. The maximum Gasteiger partial charge on any atom is 0.230 e. The van der Waals surface area contributed by atoms with Crippen molar-refractivity contribution in [3.63, 3.8) is 0 Å². The van der Waals surface area contributed by atoms with E-state index in [0.29, 0.717) is 11.4 Å². The van der Waals surface area contributed by atoms with Crippen LogP contribution in [0.15, 0.2) is 30.3 Å². The van der Waals surface area contributed by atoms with E-state index in [1.807, 2.05) is 19.1 Å². The van der Waals surface area contributed by atoms with Crippen LogP contribution in [0.25, 0.3) is 0 Å². The zero-order valence-electron chi connectivity index (χ0n) is 12.1. The second-order valence-electron chi connectivity index (χ2n) is 5.46. The highest BCUT2D eigenvalue weighted by atomic mass is 16.5. The van der Waals surface area contributed by atoms with Crippen LogP contribution in [-0.2, 0) is 12.8 Å². The molecular formula is C17H19N3O. The Bertz CT molecular complexity index is 694. The molecule has 0 aliphatic heterocycles. The number of pyridine rings is 1. The summed E-state index contributed by atoms with van der Waals surface area (Å²) >= 11 is 0. The van der Waals surface area contributed by atoms with Gasteiger partial charge in [0.25, 0.3) is 0 Å². The van der Waals surface area contributed by atoms with Crippen LogP contribution in [0, 0.1) is 12.3 Å². The first-order chi connectivity index (χ1) is 10.1. The predicted molar refractivity (Wildman–Crippen MR) is 83.1 cm³/mol. The molecule has 1 aliphatic carbocycles. The van der Waals surface area contributed by atoms with E-state index >= 15 is 0 Å². The summed E-state index contributed by atoms with van der Waals surface area (Å²) in [6.45, 7) is 1.89. The first-order valence-electron chi connectivity index (χ1n) is 7.25. The number of amidine groups is 1. The Balaban J connectivity index is 1.93. The van der Waals surface area contributed by atoms with Gasteiger partial charge in [0.15, 0.2) is 0 Å². The fourth-order valence-electron chi connectivity index (χ4n) is 2.70. The van der Waals surface area contributed by atoms with Gasteiger partial charge >= 0.3 is 0 Å². The molecule has 4 nitrogen and oxygen atoms in total. The number of hydrogen-bond acceptors (Lipinski definition) is 3. The highest BCUT2D eigenvalue weighted by Crippen LogP contribution is 2.29. The third kappa shape index (κ3) is 2.89. The van der Waals surface area contributed by atoms with E-state index in [-0.39, 0.29) is 5.84 Å². The summed E-state index contributed by atoms with van der Waals surface area (Å²) in [5, 5.41) is 7.62. The molecule has 0 fully saturated rings. The van der Waals surface area contributed by atoms with Gasteiger partial charge in [-0.05, 0) is 68.0 Å². The van der Waals surface area contributed by atoms with Gasteiger partial charge in [-0.3, -0.25) is 5.41 Å². The molecule has 0 atom stereocenters. The van der Waals surface area contributed by atoms with Crippen LogP contribution in [0.3, 0.4) is 0 Å². The smallest absolute Gasteiger partial charge is 0.230 e. The maximum atomic E-state index is 7.62. The molecule has 0 amide bonds. The highest BCUT2D eigenvalue weighted by Gasteiger charge is 2.13. The molecule has 0 unspecified atom stereocenters. The van der Waals surface area contributed by atoms with Crippen LogP contribution < -0.4 is 10.5 Å². The van der Waals surface area contributed by atoms with Crippen LogP contribution in [0.2, 0.25) is 0 Å². The summed E-state index contributed by atoms with van der Waals surface area (Å²) in [4.78, 5) is 4.36. The van der Waals surface area contributed by atoms with E-state index in [4.69, 9.17) is 15.9 Å². The van der Waals surface area contributed by atoms with Gasteiger partial charge < -0.3 is 10.5 Å². The molecule has 0 saturated carbocycles. The first-order valence-corrected chi connectivity index (χ1v) is 7.25. The minimum absolute atomic E-state index is 0.0320. The Kier molecular flexibility index (Phi) is 3.60. The van der Waals surface area contributed by atoms with Crippen molar-refractivity contribution < 1.29 is 4.74 Å². The Labute approximate surface area is 124 Å². The first kappa shape index (κ1) is 13.6. The molecule has 0 radical (unpaired) electrons. The molecule has 0 bridgehead atoms. The molecule has 0 saturated heterocycles. The lowest BCUT2D eigenvalue weighted by Crippen LogP contribution is -2.13. The van der Waals surface area contributed by atoms with Gasteiger partial charge in [-0.25, -0.2) is 4.98 Å². The predicted octanol–water partition coefficient (Wildman–Crippen LogP) is 3.35. The second-order valence-corrected chi connectivity index (χ2v) is 5.46. The van der Waals surface area contributed by atoms with Crippen molar-refractivity contribution >= 4 is 5.84 Å². The van der Waals surface area contributed by atoms with Crippen molar-refractivity contribution in [1.29, 1.82) is 5.41 Å².